The summed E-state index contributed by atoms with van der Waals surface area (Å²) in [6.07, 6.45) is 10.7. The third-order valence-corrected chi connectivity index (χ3v) is 4.63. The van der Waals surface area contributed by atoms with Crippen LogP contribution in [0.4, 0.5) is 0 Å². The van der Waals surface area contributed by atoms with Crippen molar-refractivity contribution in [3.63, 3.8) is 0 Å². The van der Waals surface area contributed by atoms with Gasteiger partial charge in [-0.15, -0.1) is 0 Å². The normalized spacial score (nSPS) is 10.6. The van der Waals surface area contributed by atoms with E-state index < -0.39 is 0 Å². The van der Waals surface area contributed by atoms with Crippen molar-refractivity contribution in [1.82, 2.24) is 5.32 Å². The van der Waals surface area contributed by atoms with Gasteiger partial charge in [0.15, 0.2) is 0 Å². The van der Waals surface area contributed by atoms with E-state index in [0.717, 1.165) is 38.8 Å². The lowest BCUT2D eigenvalue weighted by atomic mass is 10.0. The fourth-order valence-electron chi connectivity index (χ4n) is 3.00. The second-order valence-corrected chi connectivity index (χ2v) is 6.85. The molecule has 1 aromatic carbocycles. The zero-order valence-electron chi connectivity index (χ0n) is 16.9. The van der Waals surface area contributed by atoms with E-state index in [1.165, 1.54) is 51.9 Å². The molecule has 0 spiro atoms. The van der Waals surface area contributed by atoms with Crippen LogP contribution in [-0.4, -0.2) is 39.2 Å². The maximum atomic E-state index is 11.5. The average Bonchev–Trinajstić information content (AvgIpc) is 2.70. The number of carbonyl (C=O) groups is 2. The number of carbonyl (C=O) groups excluding carboxylic acids is 2. The van der Waals surface area contributed by atoms with E-state index in [9.17, 15) is 9.59 Å². The summed E-state index contributed by atoms with van der Waals surface area (Å²) in [5.41, 5.74) is 1.82. The molecule has 0 aliphatic carbocycles. The Morgan fingerprint density at radius 1 is 0.852 bits per heavy atom. The van der Waals surface area contributed by atoms with Crippen molar-refractivity contribution in [3.8, 4) is 0 Å². The fraction of sp³-hybridized carbons (Fsp3) is 0.636. The van der Waals surface area contributed by atoms with Crippen LogP contribution < -0.4 is 5.32 Å². The zero-order chi connectivity index (χ0) is 19.7. The van der Waals surface area contributed by atoms with Gasteiger partial charge in [-0.05, 0) is 62.9 Å². The first kappa shape index (κ1) is 23.2. The summed E-state index contributed by atoms with van der Waals surface area (Å²) in [5, 5.41) is 3.50. The lowest BCUT2D eigenvalue weighted by Crippen LogP contribution is -2.16. The minimum absolute atomic E-state index is 0.104. The van der Waals surface area contributed by atoms with Crippen LogP contribution in [0.5, 0.6) is 0 Å². The number of ether oxygens (including phenoxy) is 2. The predicted octanol–water partition coefficient (Wildman–Crippen LogP) is 4.29. The minimum Gasteiger partial charge on any atom is -0.469 e. The third-order valence-electron chi connectivity index (χ3n) is 4.63. The van der Waals surface area contributed by atoms with Crippen LogP contribution in [0.3, 0.4) is 0 Å². The Morgan fingerprint density at radius 2 is 1.52 bits per heavy atom. The van der Waals surface area contributed by atoms with Crippen LogP contribution in [0.25, 0.3) is 0 Å². The molecule has 0 bridgehead atoms. The molecule has 1 rings (SSSR count). The van der Waals surface area contributed by atoms with E-state index in [1.807, 2.05) is 12.1 Å². The van der Waals surface area contributed by atoms with Crippen molar-refractivity contribution < 1.29 is 19.1 Å². The van der Waals surface area contributed by atoms with Gasteiger partial charge < -0.3 is 14.8 Å². The largest absolute Gasteiger partial charge is 0.469 e. The molecule has 27 heavy (non-hydrogen) atoms. The molecule has 0 unspecified atom stereocenters. The van der Waals surface area contributed by atoms with E-state index >= 15 is 0 Å². The monoisotopic (exact) mass is 377 g/mol. The quantitative estimate of drug-likeness (QED) is 0.365. The van der Waals surface area contributed by atoms with Crippen molar-refractivity contribution in [3.05, 3.63) is 35.4 Å². The van der Waals surface area contributed by atoms with Gasteiger partial charge in [0, 0.05) is 6.42 Å². The molecule has 0 aliphatic heterocycles. The molecule has 5 nitrogen and oxygen atoms in total. The number of hydrogen-bond donors (Lipinski definition) is 1. The highest BCUT2D eigenvalue weighted by Gasteiger charge is 2.05. The number of nitrogens with one attached hydrogen (secondary N) is 1. The van der Waals surface area contributed by atoms with Gasteiger partial charge in [0.05, 0.1) is 19.8 Å². The number of benzene rings is 1. The Balaban J connectivity index is 1.92. The van der Waals surface area contributed by atoms with Crippen LogP contribution in [0, 0.1) is 0 Å². The number of unbranched alkanes of at least 4 members (excludes halogenated alkanes) is 6. The summed E-state index contributed by atoms with van der Waals surface area (Å²) in [7, 11) is 2.85. The first-order chi connectivity index (χ1) is 13.2. The molecular formula is C22H35NO4. The van der Waals surface area contributed by atoms with Gasteiger partial charge in [0.2, 0.25) is 0 Å². The molecular weight excluding hydrogens is 342 g/mol. The first-order valence-corrected chi connectivity index (χ1v) is 10.1. The molecule has 0 amide bonds. The molecule has 0 aliphatic rings. The van der Waals surface area contributed by atoms with Crippen molar-refractivity contribution >= 4 is 11.9 Å². The molecule has 0 fully saturated rings. The first-order valence-electron chi connectivity index (χ1n) is 10.1. The van der Waals surface area contributed by atoms with Crippen molar-refractivity contribution in [2.24, 2.45) is 0 Å². The fourth-order valence-corrected chi connectivity index (χ4v) is 3.00. The molecule has 5 heteroatoms. The molecule has 0 radical (unpaired) electrons. The second kappa shape index (κ2) is 15.2. The lowest BCUT2D eigenvalue weighted by Gasteiger charge is -2.06. The highest BCUT2D eigenvalue weighted by molar-refractivity contribution is 5.89. The van der Waals surface area contributed by atoms with Gasteiger partial charge in [-0.25, -0.2) is 4.79 Å². The SMILES string of the molecule is COC(=O)CCCCCCCNCCCCCc1cccc(C(=O)OC)c1. The van der Waals surface area contributed by atoms with E-state index in [1.54, 1.807) is 6.07 Å². The predicted molar refractivity (Wildman–Crippen MR) is 108 cm³/mol. The molecule has 0 saturated carbocycles. The Morgan fingerprint density at radius 3 is 2.22 bits per heavy atom. The van der Waals surface area contributed by atoms with Crippen molar-refractivity contribution in [1.29, 1.82) is 0 Å². The van der Waals surface area contributed by atoms with E-state index in [4.69, 9.17) is 4.74 Å². The third kappa shape index (κ3) is 11.4. The Hall–Kier alpha value is -1.88. The van der Waals surface area contributed by atoms with Gasteiger partial charge in [0.1, 0.15) is 0 Å². The molecule has 0 heterocycles. The number of methoxy groups -OCH3 is 2. The Bertz CT molecular complexity index is 545. The summed E-state index contributed by atoms with van der Waals surface area (Å²) in [5.74, 6) is -0.377. The maximum absolute atomic E-state index is 11.5. The summed E-state index contributed by atoms with van der Waals surface area (Å²) in [6, 6.07) is 7.70. The molecule has 152 valence electrons. The standard InChI is InChI=1S/C22H35NO4/c1-26-21(24)15-8-4-3-5-9-16-23-17-10-6-7-12-19-13-11-14-20(18-19)22(25)27-2/h11,13-14,18,23H,3-10,12,15-17H2,1-2H3. The smallest absolute Gasteiger partial charge is 0.337 e. The number of rotatable bonds is 15. The van der Waals surface area contributed by atoms with Gasteiger partial charge in [-0.1, -0.05) is 37.8 Å². The molecule has 0 atom stereocenters. The molecule has 1 aromatic rings. The van der Waals surface area contributed by atoms with E-state index in [0.29, 0.717) is 12.0 Å². The molecule has 0 aromatic heterocycles. The Labute approximate surface area is 163 Å². The summed E-state index contributed by atoms with van der Waals surface area (Å²) >= 11 is 0. The maximum Gasteiger partial charge on any atom is 0.337 e. The Kier molecular flexibility index (Phi) is 13.0. The molecule has 1 N–H and O–H groups in total. The summed E-state index contributed by atoms with van der Waals surface area (Å²) in [4.78, 5) is 22.5. The highest BCUT2D eigenvalue weighted by atomic mass is 16.5. The molecule has 0 saturated heterocycles. The lowest BCUT2D eigenvalue weighted by molar-refractivity contribution is -0.140. The van der Waals surface area contributed by atoms with Gasteiger partial charge >= 0.3 is 11.9 Å². The number of hydrogen-bond acceptors (Lipinski definition) is 5. The van der Waals surface area contributed by atoms with E-state index in [-0.39, 0.29) is 11.9 Å². The van der Waals surface area contributed by atoms with Crippen LogP contribution in [0.2, 0.25) is 0 Å². The number of aryl methyl sites for hydroxylation is 1. The van der Waals surface area contributed by atoms with Crippen molar-refractivity contribution in [2.45, 2.75) is 64.2 Å². The van der Waals surface area contributed by atoms with Crippen molar-refractivity contribution in [2.75, 3.05) is 27.3 Å². The zero-order valence-corrected chi connectivity index (χ0v) is 16.9. The van der Waals surface area contributed by atoms with Crippen LogP contribution >= 0.6 is 0 Å². The van der Waals surface area contributed by atoms with Gasteiger partial charge in [-0.2, -0.15) is 0 Å². The van der Waals surface area contributed by atoms with Crippen LogP contribution in [0.1, 0.15) is 73.7 Å². The summed E-state index contributed by atoms with van der Waals surface area (Å²) < 4.78 is 9.38. The van der Waals surface area contributed by atoms with Gasteiger partial charge in [-0.3, -0.25) is 4.79 Å². The minimum atomic E-state index is -0.274. The average molecular weight is 378 g/mol. The van der Waals surface area contributed by atoms with E-state index in [2.05, 4.69) is 16.1 Å². The second-order valence-electron chi connectivity index (χ2n) is 6.85. The topological polar surface area (TPSA) is 64.6 Å². The van der Waals surface area contributed by atoms with Crippen LogP contribution in [-0.2, 0) is 20.7 Å². The number of esters is 2. The highest BCUT2D eigenvalue weighted by Crippen LogP contribution is 2.10. The van der Waals surface area contributed by atoms with Gasteiger partial charge in [0.25, 0.3) is 0 Å². The van der Waals surface area contributed by atoms with Crippen LogP contribution in [0.15, 0.2) is 24.3 Å². The summed E-state index contributed by atoms with van der Waals surface area (Å²) in [6.45, 7) is 2.13.